The van der Waals surface area contributed by atoms with Crippen molar-refractivity contribution in [3.05, 3.63) is 29.6 Å². The lowest BCUT2D eigenvalue weighted by Gasteiger charge is -2.15. The normalized spacial score (nSPS) is 12.8. The summed E-state index contributed by atoms with van der Waals surface area (Å²) < 4.78 is 42.3. The Balaban J connectivity index is 2.54. The number of rotatable bonds is 7. The van der Waals surface area contributed by atoms with E-state index in [4.69, 9.17) is 4.74 Å². The molecule has 1 amide bonds. The fourth-order valence-electron chi connectivity index (χ4n) is 1.70. The zero-order chi connectivity index (χ0) is 16.0. The first-order valence-electron chi connectivity index (χ1n) is 6.30. The molecule has 0 aliphatic carbocycles. The third-order valence-electron chi connectivity index (χ3n) is 2.77. The van der Waals surface area contributed by atoms with Crippen LogP contribution >= 0.6 is 0 Å². The van der Waals surface area contributed by atoms with Gasteiger partial charge in [0.1, 0.15) is 0 Å². The van der Waals surface area contributed by atoms with Gasteiger partial charge < -0.3 is 10.1 Å². The summed E-state index contributed by atoms with van der Waals surface area (Å²) in [5, 5.41) is 2.67. The molecular weight excluding hydrogens is 299 g/mol. The van der Waals surface area contributed by atoms with E-state index in [0.29, 0.717) is 5.56 Å². The molecule has 118 valence electrons. The second-order valence-corrected chi connectivity index (χ2v) is 6.43. The van der Waals surface area contributed by atoms with Gasteiger partial charge in [-0.1, -0.05) is 6.07 Å². The first-order chi connectivity index (χ1) is 9.73. The van der Waals surface area contributed by atoms with Crippen LogP contribution in [0, 0.1) is 5.82 Å². The zero-order valence-corrected chi connectivity index (χ0v) is 13.0. The molecule has 0 fully saturated rings. The molecular formula is C13H19FN2O4S. The van der Waals surface area contributed by atoms with Gasteiger partial charge in [-0.25, -0.2) is 17.5 Å². The monoisotopic (exact) mass is 318 g/mol. The molecule has 1 aromatic carbocycles. The average molecular weight is 318 g/mol. The van der Waals surface area contributed by atoms with Crippen molar-refractivity contribution in [1.82, 2.24) is 10.0 Å². The van der Waals surface area contributed by atoms with Gasteiger partial charge in [0.25, 0.3) is 0 Å². The van der Waals surface area contributed by atoms with E-state index < -0.39 is 21.9 Å². The van der Waals surface area contributed by atoms with Crippen molar-refractivity contribution < 1.29 is 22.3 Å². The van der Waals surface area contributed by atoms with E-state index in [9.17, 15) is 17.6 Å². The minimum Gasteiger partial charge on any atom is -0.494 e. The highest BCUT2D eigenvalue weighted by molar-refractivity contribution is 7.88. The molecule has 1 atom stereocenters. The first kappa shape index (κ1) is 17.4. The summed E-state index contributed by atoms with van der Waals surface area (Å²) in [6.45, 7) is 1.73. The maximum Gasteiger partial charge on any atom is 0.221 e. The van der Waals surface area contributed by atoms with Crippen molar-refractivity contribution in [1.29, 1.82) is 0 Å². The summed E-state index contributed by atoms with van der Waals surface area (Å²) in [4.78, 5) is 11.7. The quantitative estimate of drug-likeness (QED) is 0.784. The second kappa shape index (κ2) is 7.37. The number of carbonyl (C=O) groups is 1. The van der Waals surface area contributed by atoms with E-state index in [2.05, 4.69) is 10.0 Å². The summed E-state index contributed by atoms with van der Waals surface area (Å²) in [6, 6.07) is 4.04. The van der Waals surface area contributed by atoms with Crippen LogP contribution in [0.1, 0.15) is 24.9 Å². The minimum atomic E-state index is -3.31. The van der Waals surface area contributed by atoms with Gasteiger partial charge in [-0.15, -0.1) is 0 Å². The second-order valence-electron chi connectivity index (χ2n) is 4.60. The highest BCUT2D eigenvalue weighted by atomic mass is 32.2. The largest absolute Gasteiger partial charge is 0.494 e. The number of ether oxygens (including phenoxy) is 1. The molecule has 1 unspecified atom stereocenters. The Morgan fingerprint density at radius 3 is 2.62 bits per heavy atom. The van der Waals surface area contributed by atoms with Crippen LogP contribution < -0.4 is 14.8 Å². The summed E-state index contributed by atoms with van der Waals surface area (Å²) in [5.74, 6) is -0.695. The van der Waals surface area contributed by atoms with E-state index in [1.165, 1.54) is 19.2 Å². The van der Waals surface area contributed by atoms with Gasteiger partial charge in [-0.05, 0) is 24.6 Å². The van der Waals surface area contributed by atoms with Gasteiger partial charge in [0.05, 0.1) is 19.4 Å². The minimum absolute atomic E-state index is 0.00997. The van der Waals surface area contributed by atoms with E-state index in [0.717, 1.165) is 6.26 Å². The Morgan fingerprint density at radius 1 is 1.43 bits per heavy atom. The fraction of sp³-hybridized carbons (Fsp3) is 0.462. The van der Waals surface area contributed by atoms with E-state index in [-0.39, 0.29) is 24.6 Å². The van der Waals surface area contributed by atoms with Crippen LogP contribution in [0.25, 0.3) is 0 Å². The summed E-state index contributed by atoms with van der Waals surface area (Å²) in [5.41, 5.74) is 0.595. The molecule has 0 radical (unpaired) electrons. The van der Waals surface area contributed by atoms with Crippen molar-refractivity contribution in [2.75, 3.05) is 19.9 Å². The summed E-state index contributed by atoms with van der Waals surface area (Å²) in [7, 11) is -1.93. The summed E-state index contributed by atoms with van der Waals surface area (Å²) >= 11 is 0. The maximum atomic E-state index is 13.6. The number of sulfonamides is 1. The number of amides is 1. The molecule has 0 aromatic heterocycles. The lowest BCUT2D eigenvalue weighted by Crippen LogP contribution is -2.31. The van der Waals surface area contributed by atoms with Gasteiger partial charge in [0.2, 0.25) is 15.9 Å². The van der Waals surface area contributed by atoms with Crippen molar-refractivity contribution in [2.24, 2.45) is 0 Å². The van der Waals surface area contributed by atoms with Crippen molar-refractivity contribution in [2.45, 2.75) is 19.4 Å². The smallest absolute Gasteiger partial charge is 0.221 e. The molecule has 0 spiro atoms. The van der Waals surface area contributed by atoms with Crippen molar-refractivity contribution >= 4 is 15.9 Å². The van der Waals surface area contributed by atoms with Crippen LogP contribution in [0.5, 0.6) is 5.75 Å². The molecule has 2 N–H and O–H groups in total. The average Bonchev–Trinajstić information content (AvgIpc) is 2.36. The SMILES string of the molecule is COc1ccc(C(C)NC(=O)CCNS(C)(=O)=O)cc1F. The molecule has 6 nitrogen and oxygen atoms in total. The van der Waals surface area contributed by atoms with Gasteiger partial charge in [0, 0.05) is 13.0 Å². The topological polar surface area (TPSA) is 84.5 Å². The van der Waals surface area contributed by atoms with Crippen LogP contribution in [0.2, 0.25) is 0 Å². The molecule has 0 aliphatic heterocycles. The first-order valence-corrected chi connectivity index (χ1v) is 8.19. The van der Waals surface area contributed by atoms with Gasteiger partial charge >= 0.3 is 0 Å². The van der Waals surface area contributed by atoms with Crippen LogP contribution in [0.3, 0.4) is 0 Å². The molecule has 0 aliphatic rings. The third kappa shape index (κ3) is 6.09. The number of carbonyl (C=O) groups excluding carboxylic acids is 1. The molecule has 0 bridgehead atoms. The van der Waals surface area contributed by atoms with Gasteiger partial charge in [0.15, 0.2) is 11.6 Å². The predicted molar refractivity (Wildman–Crippen MR) is 77.0 cm³/mol. The van der Waals surface area contributed by atoms with Crippen LogP contribution in [-0.4, -0.2) is 34.2 Å². The molecule has 1 rings (SSSR count). The van der Waals surface area contributed by atoms with Crippen molar-refractivity contribution in [3.8, 4) is 5.75 Å². The highest BCUT2D eigenvalue weighted by Crippen LogP contribution is 2.21. The van der Waals surface area contributed by atoms with E-state index in [1.807, 2.05) is 0 Å². The highest BCUT2D eigenvalue weighted by Gasteiger charge is 2.12. The number of hydrogen-bond donors (Lipinski definition) is 2. The Kier molecular flexibility index (Phi) is 6.10. The fourth-order valence-corrected chi connectivity index (χ4v) is 2.17. The number of methoxy groups -OCH3 is 1. The molecule has 8 heteroatoms. The van der Waals surface area contributed by atoms with Gasteiger partial charge in [-0.2, -0.15) is 0 Å². The van der Waals surface area contributed by atoms with Gasteiger partial charge in [-0.3, -0.25) is 4.79 Å². The molecule has 0 saturated carbocycles. The number of benzene rings is 1. The molecule has 0 heterocycles. The standard InChI is InChI=1S/C13H19FN2O4S/c1-9(10-4-5-12(20-2)11(14)8-10)16-13(17)6-7-15-21(3,18)19/h4-5,8-9,15H,6-7H2,1-3H3,(H,16,17). The van der Waals surface area contributed by atoms with E-state index in [1.54, 1.807) is 13.0 Å². The predicted octanol–water partition coefficient (Wildman–Crippen LogP) is 0.951. The Morgan fingerprint density at radius 2 is 2.10 bits per heavy atom. The molecule has 1 aromatic rings. The third-order valence-corrected chi connectivity index (χ3v) is 3.50. The zero-order valence-electron chi connectivity index (χ0n) is 12.1. The Hall–Kier alpha value is -1.67. The lowest BCUT2D eigenvalue weighted by atomic mass is 10.1. The number of nitrogens with one attached hydrogen (secondary N) is 2. The van der Waals surface area contributed by atoms with Crippen LogP contribution in [0.4, 0.5) is 4.39 Å². The van der Waals surface area contributed by atoms with Crippen LogP contribution in [0.15, 0.2) is 18.2 Å². The molecule has 0 saturated heterocycles. The lowest BCUT2D eigenvalue weighted by molar-refractivity contribution is -0.121. The maximum absolute atomic E-state index is 13.6. The molecule has 21 heavy (non-hydrogen) atoms. The van der Waals surface area contributed by atoms with Crippen LogP contribution in [-0.2, 0) is 14.8 Å². The Bertz CT molecular complexity index is 604. The summed E-state index contributed by atoms with van der Waals surface area (Å²) in [6.07, 6.45) is 1.03. The van der Waals surface area contributed by atoms with Crippen molar-refractivity contribution in [3.63, 3.8) is 0 Å². The number of hydrogen-bond acceptors (Lipinski definition) is 4. The van der Waals surface area contributed by atoms with E-state index >= 15 is 0 Å². The Labute approximate surface area is 123 Å². The number of halogens is 1.